The van der Waals surface area contributed by atoms with Crippen molar-refractivity contribution in [3.63, 3.8) is 0 Å². The Labute approximate surface area is 113 Å². The molecule has 1 radical (unpaired) electrons. The van der Waals surface area contributed by atoms with Gasteiger partial charge in [0.05, 0.1) is 0 Å². The van der Waals surface area contributed by atoms with Crippen LogP contribution >= 0.6 is 0 Å². The van der Waals surface area contributed by atoms with Gasteiger partial charge in [-0.1, -0.05) is 18.2 Å². The second kappa shape index (κ2) is 5.65. The summed E-state index contributed by atoms with van der Waals surface area (Å²) in [6.07, 6.45) is -5.57. The smallest absolute Gasteiger partial charge is 0.296 e. The zero-order valence-electron chi connectivity index (χ0n) is 10.6. The average molecular weight is 293 g/mol. The highest BCUT2D eigenvalue weighted by Crippen LogP contribution is 2.43. The first-order valence-corrected chi connectivity index (χ1v) is 6.20. The molecular weight excluding hydrogens is 279 g/mol. The number of hydrogen-bond acceptors (Lipinski definition) is 1. The Morgan fingerprint density at radius 3 is 2.30 bits per heavy atom. The van der Waals surface area contributed by atoms with Crippen LogP contribution in [0.5, 0.6) is 0 Å². The molecule has 2 rings (SSSR count). The summed E-state index contributed by atoms with van der Waals surface area (Å²) < 4.78 is 63.5. The van der Waals surface area contributed by atoms with Gasteiger partial charge < -0.3 is 0 Å². The molecule has 0 amide bonds. The molecule has 20 heavy (non-hydrogen) atoms. The molecule has 0 bridgehead atoms. The minimum absolute atomic E-state index is 0.358. The summed E-state index contributed by atoms with van der Waals surface area (Å²) in [5.41, 5.74) is -0.558. The van der Waals surface area contributed by atoms with Gasteiger partial charge in [0.1, 0.15) is 0 Å². The van der Waals surface area contributed by atoms with Crippen LogP contribution in [0.4, 0.5) is 22.0 Å². The van der Waals surface area contributed by atoms with Gasteiger partial charge in [0.2, 0.25) is 0 Å². The quantitative estimate of drug-likeness (QED) is 0.783. The SMILES string of the molecule is FC(F)(F)C(F)(F)c1cccc(CN2CC[N]CC2)c1. The lowest BCUT2D eigenvalue weighted by atomic mass is 10.0. The molecule has 1 saturated heterocycles. The van der Waals surface area contributed by atoms with Gasteiger partial charge in [-0.05, 0) is 11.6 Å². The number of piperazine rings is 1. The Kier molecular flexibility index (Phi) is 4.29. The molecule has 0 aromatic heterocycles. The number of hydrogen-bond donors (Lipinski definition) is 0. The molecule has 111 valence electrons. The largest absolute Gasteiger partial charge is 0.458 e. The van der Waals surface area contributed by atoms with Crippen LogP contribution in [-0.2, 0) is 12.5 Å². The van der Waals surface area contributed by atoms with E-state index < -0.39 is 17.7 Å². The standard InChI is InChI=1S/C13H14F5N2/c14-12(15,13(16,17)18)11-3-1-2-10(8-11)9-20-6-4-19-5-7-20/h1-3,8H,4-7,9H2. The first-order chi connectivity index (χ1) is 9.30. The monoisotopic (exact) mass is 293 g/mol. The molecular formula is C13H14F5N2. The zero-order chi connectivity index (χ0) is 14.8. The molecule has 0 unspecified atom stereocenters. The van der Waals surface area contributed by atoms with Crippen LogP contribution in [0.1, 0.15) is 11.1 Å². The lowest BCUT2D eigenvalue weighted by molar-refractivity contribution is -0.289. The van der Waals surface area contributed by atoms with Gasteiger partial charge in [-0.15, -0.1) is 0 Å². The molecule has 1 aromatic carbocycles. The fraction of sp³-hybridized carbons (Fsp3) is 0.538. The van der Waals surface area contributed by atoms with Crippen LogP contribution in [-0.4, -0.2) is 37.3 Å². The van der Waals surface area contributed by atoms with Crippen molar-refractivity contribution < 1.29 is 22.0 Å². The highest BCUT2D eigenvalue weighted by atomic mass is 19.4. The van der Waals surface area contributed by atoms with Crippen molar-refractivity contribution in [1.29, 1.82) is 0 Å². The van der Waals surface area contributed by atoms with Crippen LogP contribution in [0.25, 0.3) is 0 Å². The summed E-state index contributed by atoms with van der Waals surface area (Å²) in [4.78, 5) is 1.98. The van der Waals surface area contributed by atoms with E-state index in [9.17, 15) is 22.0 Å². The highest BCUT2D eigenvalue weighted by molar-refractivity contribution is 5.28. The van der Waals surface area contributed by atoms with Gasteiger partial charge in [-0.25, -0.2) is 5.32 Å². The molecule has 1 aliphatic heterocycles. The van der Waals surface area contributed by atoms with Gasteiger partial charge in [0.25, 0.3) is 0 Å². The number of halogens is 5. The van der Waals surface area contributed by atoms with Crippen molar-refractivity contribution in [3.05, 3.63) is 35.4 Å². The van der Waals surface area contributed by atoms with E-state index in [1.54, 1.807) is 6.07 Å². The van der Waals surface area contributed by atoms with Crippen LogP contribution in [0.2, 0.25) is 0 Å². The molecule has 1 aliphatic rings. The third-order valence-corrected chi connectivity index (χ3v) is 3.20. The zero-order valence-corrected chi connectivity index (χ0v) is 10.6. The molecule has 0 spiro atoms. The van der Waals surface area contributed by atoms with Crippen molar-refractivity contribution in [3.8, 4) is 0 Å². The number of rotatable bonds is 3. The van der Waals surface area contributed by atoms with Crippen molar-refractivity contribution in [2.45, 2.75) is 18.6 Å². The summed E-state index contributed by atoms with van der Waals surface area (Å²) in [5.74, 6) is -4.82. The molecule has 2 nitrogen and oxygen atoms in total. The van der Waals surface area contributed by atoms with E-state index in [1.807, 2.05) is 4.90 Å². The fourth-order valence-corrected chi connectivity index (χ4v) is 2.09. The molecule has 1 aromatic rings. The summed E-state index contributed by atoms with van der Waals surface area (Å²) >= 11 is 0. The summed E-state index contributed by atoms with van der Waals surface area (Å²) in [7, 11) is 0. The molecule has 0 N–H and O–H groups in total. The maximum absolute atomic E-state index is 13.3. The van der Waals surface area contributed by atoms with E-state index in [4.69, 9.17) is 0 Å². The molecule has 0 saturated carbocycles. The normalized spacial score (nSPS) is 18.2. The Hall–Kier alpha value is -1.21. The van der Waals surface area contributed by atoms with E-state index in [0.29, 0.717) is 38.3 Å². The van der Waals surface area contributed by atoms with Crippen molar-refractivity contribution >= 4 is 0 Å². The fourth-order valence-electron chi connectivity index (χ4n) is 2.09. The van der Waals surface area contributed by atoms with Gasteiger partial charge >= 0.3 is 12.1 Å². The van der Waals surface area contributed by atoms with Crippen LogP contribution in [0.15, 0.2) is 24.3 Å². The van der Waals surface area contributed by atoms with E-state index in [1.165, 1.54) is 6.07 Å². The predicted octanol–water partition coefficient (Wildman–Crippen LogP) is 2.76. The molecule has 7 heteroatoms. The van der Waals surface area contributed by atoms with E-state index >= 15 is 0 Å². The van der Waals surface area contributed by atoms with E-state index in [0.717, 1.165) is 12.1 Å². The maximum Gasteiger partial charge on any atom is 0.458 e. The molecule has 0 aliphatic carbocycles. The van der Waals surface area contributed by atoms with Gasteiger partial charge in [-0.2, -0.15) is 22.0 Å². The molecule has 1 fully saturated rings. The number of alkyl halides is 5. The lowest BCUT2D eigenvalue weighted by Crippen LogP contribution is -2.39. The lowest BCUT2D eigenvalue weighted by Gasteiger charge is -2.27. The van der Waals surface area contributed by atoms with Crippen LogP contribution in [0.3, 0.4) is 0 Å². The summed E-state index contributed by atoms with van der Waals surface area (Å²) in [6.45, 7) is 3.08. The Morgan fingerprint density at radius 1 is 1.05 bits per heavy atom. The molecule has 1 heterocycles. The van der Waals surface area contributed by atoms with Crippen molar-refractivity contribution in [2.75, 3.05) is 26.2 Å². The van der Waals surface area contributed by atoms with Gasteiger partial charge in [0.15, 0.2) is 0 Å². The van der Waals surface area contributed by atoms with E-state index in [-0.39, 0.29) is 0 Å². The highest BCUT2D eigenvalue weighted by Gasteiger charge is 2.58. The average Bonchev–Trinajstić information content (AvgIpc) is 2.39. The van der Waals surface area contributed by atoms with Gasteiger partial charge in [-0.3, -0.25) is 4.90 Å². The minimum Gasteiger partial charge on any atom is -0.296 e. The van der Waals surface area contributed by atoms with Crippen LogP contribution < -0.4 is 5.32 Å². The first-order valence-electron chi connectivity index (χ1n) is 6.20. The first kappa shape index (κ1) is 15.2. The third-order valence-electron chi connectivity index (χ3n) is 3.20. The Bertz CT molecular complexity index is 452. The second-order valence-corrected chi connectivity index (χ2v) is 4.72. The Morgan fingerprint density at radius 2 is 1.70 bits per heavy atom. The van der Waals surface area contributed by atoms with Crippen molar-refractivity contribution in [2.24, 2.45) is 0 Å². The summed E-state index contributed by atoms with van der Waals surface area (Å²) in [5, 5.41) is 4.15. The Balaban J connectivity index is 2.15. The topological polar surface area (TPSA) is 17.3 Å². The number of nitrogens with zero attached hydrogens (tertiary/aromatic N) is 2. The predicted molar refractivity (Wildman–Crippen MR) is 63.5 cm³/mol. The number of benzene rings is 1. The van der Waals surface area contributed by atoms with Gasteiger partial charge in [0, 0.05) is 38.3 Å². The van der Waals surface area contributed by atoms with Crippen molar-refractivity contribution in [1.82, 2.24) is 10.2 Å². The maximum atomic E-state index is 13.3. The molecule has 0 atom stereocenters. The van der Waals surface area contributed by atoms with Crippen LogP contribution in [0, 0.1) is 0 Å². The second-order valence-electron chi connectivity index (χ2n) is 4.72. The third kappa shape index (κ3) is 3.27. The van der Waals surface area contributed by atoms with E-state index in [2.05, 4.69) is 5.32 Å². The minimum atomic E-state index is -5.57. The summed E-state index contributed by atoms with van der Waals surface area (Å²) in [6, 6.07) is 4.53.